The second kappa shape index (κ2) is 20.1. The minimum absolute atomic E-state index is 0.0198. The van der Waals surface area contributed by atoms with E-state index in [1.54, 1.807) is 6.07 Å². The average Bonchev–Trinajstić information content (AvgIpc) is 3.26. The summed E-state index contributed by atoms with van der Waals surface area (Å²) in [4.78, 5) is 5.07. The van der Waals surface area contributed by atoms with Crippen molar-refractivity contribution in [3.8, 4) is 11.6 Å². The van der Waals surface area contributed by atoms with Gasteiger partial charge < -0.3 is 9.05 Å². The van der Waals surface area contributed by atoms with Gasteiger partial charge in [0.25, 0.3) is 0 Å². The molecule has 5 aromatic rings. The van der Waals surface area contributed by atoms with Crippen LogP contribution in [-0.2, 0) is 60.1 Å². The van der Waals surface area contributed by atoms with Crippen molar-refractivity contribution in [2.75, 3.05) is 0 Å². The van der Waals surface area contributed by atoms with Crippen LogP contribution in [0.1, 0.15) is 85.9 Å². The first kappa shape index (κ1) is 42.5. The van der Waals surface area contributed by atoms with Crippen molar-refractivity contribution in [1.29, 1.82) is 0 Å². The van der Waals surface area contributed by atoms with Crippen LogP contribution in [0.4, 0.5) is 0 Å². The van der Waals surface area contributed by atoms with Crippen LogP contribution < -0.4 is 9.05 Å². The molecule has 0 atom stereocenters. The Hall–Kier alpha value is -4.59. The highest BCUT2D eigenvalue weighted by molar-refractivity contribution is 7.49. The van der Waals surface area contributed by atoms with Crippen LogP contribution >= 0.6 is 15.6 Å². The van der Waals surface area contributed by atoms with Gasteiger partial charge in [0.15, 0.2) is 0 Å². The van der Waals surface area contributed by atoms with E-state index in [0.29, 0.717) is 29.2 Å². The normalized spacial score (nSPS) is 15.7. The molecule has 0 bridgehead atoms. The molecule has 7 rings (SSSR count). The van der Waals surface area contributed by atoms with Crippen LogP contribution in [0.3, 0.4) is 0 Å². The number of nitrogens with zero attached hydrogens (tertiary/aromatic N) is 1. The molecule has 0 spiro atoms. The Labute approximate surface area is 348 Å². The van der Waals surface area contributed by atoms with E-state index in [9.17, 15) is 9.13 Å². The molecule has 11 heteroatoms. The number of pyridine rings is 1. The predicted molar refractivity (Wildman–Crippen MR) is 231 cm³/mol. The number of allylic oxidation sites excluding steroid dienone is 4. The molecule has 9 nitrogen and oxygen atoms in total. The lowest BCUT2D eigenvalue weighted by atomic mass is 9.72. The summed E-state index contributed by atoms with van der Waals surface area (Å²) in [5, 5.41) is 0. The zero-order valence-electron chi connectivity index (χ0n) is 33.8. The molecule has 308 valence electrons. The summed E-state index contributed by atoms with van der Waals surface area (Å²) in [5.41, 5.74) is 5.09. The molecule has 1 heterocycles. The third-order valence-corrected chi connectivity index (χ3v) is 13.2. The van der Waals surface area contributed by atoms with E-state index in [2.05, 4.69) is 13.8 Å². The Morgan fingerprint density at radius 1 is 0.610 bits per heavy atom. The molecular weight excluding hydrogens is 780 g/mol. The van der Waals surface area contributed by atoms with E-state index in [4.69, 9.17) is 32.1 Å². The molecular formula is C48H53NO8P2. The first-order chi connectivity index (χ1) is 28.6. The van der Waals surface area contributed by atoms with Crippen molar-refractivity contribution in [2.45, 2.75) is 85.2 Å². The Bertz CT molecular complexity index is 2030. The van der Waals surface area contributed by atoms with Gasteiger partial charge in [-0.25, -0.2) is 14.1 Å². The lowest BCUT2D eigenvalue weighted by molar-refractivity contribution is 0.140. The molecule has 0 aliphatic heterocycles. The summed E-state index contributed by atoms with van der Waals surface area (Å²) in [7, 11) is -8.78. The third-order valence-electron chi connectivity index (χ3n) is 10.6. The summed E-state index contributed by atoms with van der Waals surface area (Å²) >= 11 is 0. The number of hydrogen-bond acceptors (Lipinski definition) is 9. The lowest BCUT2D eigenvalue weighted by Gasteiger charge is -2.34. The molecule has 1 fully saturated rings. The number of benzene rings is 4. The van der Waals surface area contributed by atoms with E-state index in [1.807, 2.05) is 140 Å². The second-order valence-corrected chi connectivity index (χ2v) is 19.0. The lowest BCUT2D eigenvalue weighted by Crippen LogP contribution is -2.22. The maximum Gasteiger partial charge on any atom is 0.531 e. The summed E-state index contributed by atoms with van der Waals surface area (Å²) < 4.78 is 67.4. The molecule has 1 aromatic heterocycles. The fourth-order valence-corrected chi connectivity index (χ4v) is 9.45. The highest BCUT2D eigenvalue weighted by atomic mass is 31.2. The standard InChI is InChI=1S/C48H53NO8P2/c1-48(2)30-28-38(29-31-48)32-44-33-45(56-58(50,52-34-39-18-8-3-9-19-39)53-35-40-20-10-4-11-21-40)46(43-26-16-7-17-27-43)47(49-44)57-59(51,54-36-41-22-12-5-13-23-41)55-37-42-24-14-6-15-25-42/h3-6,8-16,18-27,33,38H,7,17,28-32,34-37H2,1-2H3. The first-order valence-electron chi connectivity index (χ1n) is 20.4. The zero-order valence-corrected chi connectivity index (χ0v) is 35.6. The zero-order chi connectivity index (χ0) is 41.0. The van der Waals surface area contributed by atoms with Crippen LogP contribution in [0, 0.1) is 11.3 Å². The van der Waals surface area contributed by atoms with Gasteiger partial charge in [0.2, 0.25) is 5.88 Å². The van der Waals surface area contributed by atoms with E-state index in [1.165, 1.54) is 0 Å². The fourth-order valence-electron chi connectivity index (χ4n) is 7.13. The highest BCUT2D eigenvalue weighted by Gasteiger charge is 2.37. The van der Waals surface area contributed by atoms with Crippen molar-refractivity contribution in [2.24, 2.45) is 11.3 Å². The van der Waals surface area contributed by atoms with Gasteiger partial charge in [-0.05, 0) is 84.1 Å². The van der Waals surface area contributed by atoms with E-state index >= 15 is 0 Å². The summed E-state index contributed by atoms with van der Waals surface area (Å²) in [6.45, 7) is 4.48. The fraction of sp³-hybridized carbons (Fsp3) is 0.312. The Morgan fingerprint density at radius 2 is 1.05 bits per heavy atom. The maximum atomic E-state index is 15.0. The maximum absolute atomic E-state index is 15.0. The van der Waals surface area contributed by atoms with Gasteiger partial charge in [0, 0.05) is 11.8 Å². The topological polar surface area (TPSA) is 102 Å². The van der Waals surface area contributed by atoms with Gasteiger partial charge in [-0.15, -0.1) is 0 Å². The number of phosphoric ester groups is 2. The number of hydrogen-bond donors (Lipinski definition) is 0. The summed E-state index contributed by atoms with van der Waals surface area (Å²) in [6.07, 6.45) is 12.4. The van der Waals surface area contributed by atoms with Gasteiger partial charge in [-0.2, -0.15) is 0 Å². The average molecular weight is 834 g/mol. The Kier molecular flexibility index (Phi) is 14.5. The third kappa shape index (κ3) is 12.7. The highest BCUT2D eigenvalue weighted by Crippen LogP contribution is 2.57. The minimum Gasteiger partial charge on any atom is -0.403 e. The summed E-state index contributed by atoms with van der Waals surface area (Å²) in [6, 6.07) is 39.5. The van der Waals surface area contributed by atoms with Crippen molar-refractivity contribution >= 4 is 21.2 Å². The summed E-state index contributed by atoms with van der Waals surface area (Å²) in [5.74, 6) is 0.483. The van der Waals surface area contributed by atoms with Crippen LogP contribution in [-0.4, -0.2) is 4.98 Å². The monoisotopic (exact) mass is 833 g/mol. The molecule has 0 radical (unpaired) electrons. The van der Waals surface area contributed by atoms with Crippen LogP contribution in [0.5, 0.6) is 11.6 Å². The minimum atomic E-state index is -4.41. The molecule has 59 heavy (non-hydrogen) atoms. The van der Waals surface area contributed by atoms with E-state index in [0.717, 1.165) is 60.8 Å². The van der Waals surface area contributed by atoms with E-state index in [-0.39, 0.29) is 43.5 Å². The molecule has 0 amide bonds. The predicted octanol–water partition coefficient (Wildman–Crippen LogP) is 13.4. The van der Waals surface area contributed by atoms with Gasteiger partial charge in [0.1, 0.15) is 5.75 Å². The van der Waals surface area contributed by atoms with Gasteiger partial charge in [0.05, 0.1) is 32.0 Å². The largest absolute Gasteiger partial charge is 0.531 e. The number of rotatable bonds is 19. The molecule has 0 unspecified atom stereocenters. The molecule has 2 aliphatic carbocycles. The SMILES string of the molecule is CC1(C)CCC(Cc2cc(OP(=O)(OCc3ccccc3)OCc3ccccc3)c(C3=CCCC=C3)c(OP(=O)(OCc3ccccc3)OCc3ccccc3)n2)CC1. The van der Waals surface area contributed by atoms with Crippen molar-refractivity contribution in [3.63, 3.8) is 0 Å². The quantitative estimate of drug-likeness (QED) is 0.0752. The number of aromatic nitrogens is 1. The van der Waals surface area contributed by atoms with Crippen molar-refractivity contribution < 1.29 is 36.3 Å². The Morgan fingerprint density at radius 3 is 1.47 bits per heavy atom. The van der Waals surface area contributed by atoms with Crippen molar-refractivity contribution in [1.82, 2.24) is 4.98 Å². The van der Waals surface area contributed by atoms with E-state index < -0.39 is 15.6 Å². The smallest absolute Gasteiger partial charge is 0.403 e. The van der Waals surface area contributed by atoms with Crippen LogP contribution in [0.25, 0.3) is 5.57 Å². The first-order valence-corrected chi connectivity index (χ1v) is 23.3. The van der Waals surface area contributed by atoms with Gasteiger partial charge in [-0.1, -0.05) is 153 Å². The molecule has 0 N–H and O–H groups in total. The van der Waals surface area contributed by atoms with Gasteiger partial charge in [-0.3, -0.25) is 18.1 Å². The molecule has 4 aromatic carbocycles. The van der Waals surface area contributed by atoms with Crippen LogP contribution in [0.2, 0.25) is 0 Å². The van der Waals surface area contributed by atoms with Gasteiger partial charge >= 0.3 is 15.6 Å². The Balaban J connectivity index is 1.30. The van der Waals surface area contributed by atoms with Crippen LogP contribution in [0.15, 0.2) is 146 Å². The molecule has 0 saturated heterocycles. The number of phosphoric acid groups is 2. The van der Waals surface area contributed by atoms with Crippen molar-refractivity contribution in [3.05, 3.63) is 179 Å². The molecule has 2 aliphatic rings. The second-order valence-electron chi connectivity index (χ2n) is 15.9. The molecule has 1 saturated carbocycles.